The van der Waals surface area contributed by atoms with E-state index in [2.05, 4.69) is 0 Å². The molecule has 4 nitrogen and oxygen atoms in total. The summed E-state index contributed by atoms with van der Waals surface area (Å²) in [7, 11) is 0. The van der Waals surface area contributed by atoms with Crippen LogP contribution in [0.3, 0.4) is 0 Å². The molecule has 5 heteroatoms. The van der Waals surface area contributed by atoms with Crippen molar-refractivity contribution in [2.24, 2.45) is 11.1 Å². The van der Waals surface area contributed by atoms with E-state index in [1.54, 1.807) is 18.7 Å². The van der Waals surface area contributed by atoms with Gasteiger partial charge >= 0.3 is 0 Å². The molecule has 0 bridgehead atoms. The summed E-state index contributed by atoms with van der Waals surface area (Å²) in [5.74, 6) is -0.404. The predicted molar refractivity (Wildman–Crippen MR) is 78.2 cm³/mol. The van der Waals surface area contributed by atoms with Crippen molar-refractivity contribution in [3.63, 3.8) is 0 Å². The van der Waals surface area contributed by atoms with Crippen LogP contribution in [0.25, 0.3) is 0 Å². The van der Waals surface area contributed by atoms with Crippen LogP contribution < -0.4 is 5.73 Å². The first-order valence-electron chi connectivity index (χ1n) is 6.60. The van der Waals surface area contributed by atoms with Crippen LogP contribution in [0.2, 0.25) is 0 Å². The Labute approximate surface area is 123 Å². The van der Waals surface area contributed by atoms with Crippen LogP contribution in [0.4, 0.5) is 0 Å². The first-order chi connectivity index (χ1) is 9.36. The second-order valence-electron chi connectivity index (χ2n) is 5.84. The molecule has 1 aliphatic heterocycles. The van der Waals surface area contributed by atoms with Gasteiger partial charge in [0.15, 0.2) is 0 Å². The molecule has 0 unspecified atom stereocenters. The average Bonchev–Trinajstić information content (AvgIpc) is 2.44. The number of alkyl halides is 1. The van der Waals surface area contributed by atoms with Crippen LogP contribution in [0.1, 0.15) is 25.0 Å². The van der Waals surface area contributed by atoms with Gasteiger partial charge in [-0.2, -0.15) is 0 Å². The molecule has 0 saturated heterocycles. The van der Waals surface area contributed by atoms with Crippen LogP contribution >= 0.6 is 11.6 Å². The highest BCUT2D eigenvalue weighted by atomic mass is 35.5. The molecule has 1 aliphatic rings. The quantitative estimate of drug-likeness (QED) is 0.862. The number of fused-ring (bicyclic) bond motifs is 1. The zero-order chi connectivity index (χ0) is 14.9. The fourth-order valence-electron chi connectivity index (χ4n) is 2.44. The molecule has 0 aliphatic carbocycles. The van der Waals surface area contributed by atoms with Crippen LogP contribution in [0.15, 0.2) is 24.3 Å². The van der Waals surface area contributed by atoms with Gasteiger partial charge in [-0.05, 0) is 25.0 Å². The number of nitrogens with two attached hydrogens (primary N) is 1. The minimum Gasteiger partial charge on any atom is -0.368 e. The molecule has 0 aromatic heterocycles. The summed E-state index contributed by atoms with van der Waals surface area (Å²) in [4.78, 5) is 25.9. The van der Waals surface area contributed by atoms with Gasteiger partial charge < -0.3 is 10.6 Å². The molecule has 0 spiro atoms. The van der Waals surface area contributed by atoms with Crippen molar-refractivity contribution >= 4 is 23.4 Å². The maximum atomic E-state index is 12.6. The molecule has 0 saturated carbocycles. The number of primary amides is 1. The van der Waals surface area contributed by atoms with Crippen molar-refractivity contribution in [2.45, 2.75) is 32.9 Å². The van der Waals surface area contributed by atoms with Gasteiger partial charge in [0.1, 0.15) is 6.04 Å². The number of hydrogen-bond acceptors (Lipinski definition) is 2. The molecule has 1 atom stereocenters. The van der Waals surface area contributed by atoms with Gasteiger partial charge in [0.25, 0.3) is 0 Å². The molecule has 2 amide bonds. The third kappa shape index (κ3) is 2.66. The molecule has 2 N–H and O–H groups in total. The summed E-state index contributed by atoms with van der Waals surface area (Å²) in [5.41, 5.74) is 6.90. The average molecular weight is 295 g/mol. The topological polar surface area (TPSA) is 63.4 Å². The van der Waals surface area contributed by atoms with E-state index in [0.29, 0.717) is 13.0 Å². The SMILES string of the molecule is CC(C)(CCl)C(=O)N1Cc2ccccc2C[C@H]1C(N)=O. The van der Waals surface area contributed by atoms with E-state index in [-0.39, 0.29) is 11.8 Å². The fraction of sp³-hybridized carbons (Fsp3) is 0.467. The molecular weight excluding hydrogens is 276 g/mol. The van der Waals surface area contributed by atoms with Gasteiger partial charge in [0.2, 0.25) is 11.8 Å². The minimum atomic E-state index is -0.707. The lowest BCUT2D eigenvalue weighted by Gasteiger charge is -2.39. The number of carbonyl (C=O) groups is 2. The van der Waals surface area contributed by atoms with Gasteiger partial charge in [-0.1, -0.05) is 24.3 Å². The molecule has 0 radical (unpaired) electrons. The Balaban J connectivity index is 2.36. The van der Waals surface area contributed by atoms with E-state index in [4.69, 9.17) is 17.3 Å². The third-order valence-electron chi connectivity index (χ3n) is 3.75. The number of hydrogen-bond donors (Lipinski definition) is 1. The maximum Gasteiger partial charge on any atom is 0.240 e. The van der Waals surface area contributed by atoms with Gasteiger partial charge in [0.05, 0.1) is 5.41 Å². The third-order valence-corrected chi connectivity index (χ3v) is 4.42. The molecule has 1 aromatic rings. The van der Waals surface area contributed by atoms with Gasteiger partial charge in [-0.25, -0.2) is 0 Å². The normalized spacial score (nSPS) is 18.6. The predicted octanol–water partition coefficient (Wildman–Crippen LogP) is 1.69. The van der Waals surface area contributed by atoms with Crippen LogP contribution in [0.5, 0.6) is 0 Å². The summed E-state index contributed by atoms with van der Waals surface area (Å²) in [6.07, 6.45) is 0.468. The highest BCUT2D eigenvalue weighted by Crippen LogP contribution is 2.29. The second-order valence-corrected chi connectivity index (χ2v) is 6.11. The molecule has 1 heterocycles. The first-order valence-corrected chi connectivity index (χ1v) is 7.13. The minimum absolute atomic E-state index is 0.134. The van der Waals surface area contributed by atoms with Gasteiger partial charge in [-0.3, -0.25) is 9.59 Å². The number of nitrogens with zero attached hydrogens (tertiary/aromatic N) is 1. The largest absolute Gasteiger partial charge is 0.368 e. The second kappa shape index (κ2) is 5.44. The van der Waals surface area contributed by atoms with Crippen molar-refractivity contribution in [3.8, 4) is 0 Å². The van der Waals surface area contributed by atoms with Crippen LogP contribution in [-0.2, 0) is 22.6 Å². The number of carbonyl (C=O) groups excluding carboxylic acids is 2. The lowest BCUT2D eigenvalue weighted by molar-refractivity contribution is -0.147. The van der Waals surface area contributed by atoms with E-state index in [1.165, 1.54) is 0 Å². The zero-order valence-corrected chi connectivity index (χ0v) is 12.5. The van der Waals surface area contributed by atoms with Crippen LogP contribution in [0, 0.1) is 5.41 Å². The van der Waals surface area contributed by atoms with Crippen molar-refractivity contribution in [1.82, 2.24) is 4.90 Å². The molecule has 2 rings (SSSR count). The zero-order valence-electron chi connectivity index (χ0n) is 11.7. The summed E-state index contributed by atoms with van der Waals surface area (Å²) in [6, 6.07) is 7.20. The van der Waals surface area contributed by atoms with Gasteiger partial charge in [0, 0.05) is 18.8 Å². The number of halogens is 1. The number of amides is 2. The number of rotatable bonds is 3. The Morgan fingerprint density at radius 2 is 1.95 bits per heavy atom. The first kappa shape index (κ1) is 14.9. The van der Waals surface area contributed by atoms with E-state index >= 15 is 0 Å². The maximum absolute atomic E-state index is 12.6. The molecule has 20 heavy (non-hydrogen) atoms. The highest BCUT2D eigenvalue weighted by Gasteiger charge is 2.39. The Kier molecular flexibility index (Phi) is 4.04. The molecule has 0 fully saturated rings. The molecule has 1 aromatic carbocycles. The Morgan fingerprint density at radius 3 is 2.50 bits per heavy atom. The van der Waals surface area contributed by atoms with Gasteiger partial charge in [-0.15, -0.1) is 11.6 Å². The van der Waals surface area contributed by atoms with E-state index in [9.17, 15) is 9.59 Å². The van der Waals surface area contributed by atoms with E-state index in [1.807, 2.05) is 24.3 Å². The summed E-state index contributed by atoms with van der Waals surface area (Å²) < 4.78 is 0. The lowest BCUT2D eigenvalue weighted by atomic mass is 9.88. The monoisotopic (exact) mass is 294 g/mol. The van der Waals surface area contributed by atoms with Crippen LogP contribution in [-0.4, -0.2) is 28.6 Å². The highest BCUT2D eigenvalue weighted by molar-refractivity contribution is 6.19. The summed E-state index contributed by atoms with van der Waals surface area (Å²) >= 11 is 5.87. The fourth-order valence-corrected chi connectivity index (χ4v) is 2.55. The summed E-state index contributed by atoms with van der Waals surface area (Å²) in [6.45, 7) is 3.96. The van der Waals surface area contributed by atoms with Crippen molar-refractivity contribution < 1.29 is 9.59 Å². The standard InChI is InChI=1S/C15H19ClN2O2/c1-15(2,9-16)14(20)18-8-11-6-4-3-5-10(11)7-12(18)13(17)19/h3-6,12H,7-9H2,1-2H3,(H2,17,19)/t12-/m0/s1. The Bertz CT molecular complexity index is 542. The van der Waals surface area contributed by atoms with E-state index in [0.717, 1.165) is 11.1 Å². The Morgan fingerprint density at radius 1 is 1.35 bits per heavy atom. The van der Waals surface area contributed by atoms with Crippen molar-refractivity contribution in [3.05, 3.63) is 35.4 Å². The van der Waals surface area contributed by atoms with E-state index < -0.39 is 17.4 Å². The summed E-state index contributed by atoms with van der Waals surface area (Å²) in [5, 5.41) is 0. The number of benzene rings is 1. The molecule has 108 valence electrons. The molecular formula is C15H19ClN2O2. The Hall–Kier alpha value is -1.55. The smallest absolute Gasteiger partial charge is 0.240 e. The van der Waals surface area contributed by atoms with Crippen molar-refractivity contribution in [2.75, 3.05) is 5.88 Å². The lowest BCUT2D eigenvalue weighted by Crippen LogP contribution is -2.54. The van der Waals surface area contributed by atoms with Crippen molar-refractivity contribution in [1.29, 1.82) is 0 Å².